The van der Waals surface area contributed by atoms with Crippen LogP contribution in [0.15, 0.2) is 53.6 Å². The van der Waals surface area contributed by atoms with Gasteiger partial charge in [-0.1, -0.05) is 19.1 Å². The highest BCUT2D eigenvalue weighted by Crippen LogP contribution is 2.32. The number of aromatic nitrogens is 4. The molecule has 5 rings (SSSR count). The van der Waals surface area contributed by atoms with Crippen LogP contribution in [0, 0.1) is 0 Å². The van der Waals surface area contributed by atoms with E-state index in [1.807, 2.05) is 24.3 Å². The maximum atomic E-state index is 12.8. The highest BCUT2D eigenvalue weighted by atomic mass is 16.5. The molecule has 0 aliphatic carbocycles. The van der Waals surface area contributed by atoms with E-state index in [1.165, 1.54) is 19.8 Å². The topological polar surface area (TPSA) is 108 Å². The first-order valence-corrected chi connectivity index (χ1v) is 12.9. The minimum Gasteiger partial charge on any atom is -0.480 e. The third-order valence-electron chi connectivity index (χ3n) is 6.98. The zero-order chi connectivity index (χ0) is 26.5. The number of benzene rings is 1. The fourth-order valence-electron chi connectivity index (χ4n) is 4.73. The van der Waals surface area contributed by atoms with E-state index < -0.39 is 0 Å². The first kappa shape index (κ1) is 25.6. The van der Waals surface area contributed by atoms with Crippen molar-refractivity contribution < 1.29 is 9.47 Å². The molecule has 198 valence electrons. The molecule has 1 aliphatic rings. The number of rotatable bonds is 9. The molecule has 0 amide bonds. The molecule has 1 fully saturated rings. The summed E-state index contributed by atoms with van der Waals surface area (Å²) in [6.07, 6.45) is 4.23. The molecule has 1 aromatic carbocycles. The number of methoxy groups -OCH3 is 2. The van der Waals surface area contributed by atoms with Gasteiger partial charge in [-0.05, 0) is 48.2 Å². The molecule has 38 heavy (non-hydrogen) atoms. The van der Waals surface area contributed by atoms with Gasteiger partial charge in [-0.3, -0.25) is 4.79 Å². The number of aromatic amines is 1. The number of nitrogens with zero attached hydrogens (tertiary/aromatic N) is 5. The van der Waals surface area contributed by atoms with Gasteiger partial charge in [0.25, 0.3) is 5.56 Å². The van der Waals surface area contributed by atoms with E-state index in [9.17, 15) is 4.79 Å². The van der Waals surface area contributed by atoms with Crippen LogP contribution in [-0.4, -0.2) is 83.2 Å². The van der Waals surface area contributed by atoms with Crippen LogP contribution in [0.1, 0.15) is 12.5 Å². The molecule has 0 atom stereocenters. The van der Waals surface area contributed by atoms with Gasteiger partial charge in [-0.15, -0.1) is 0 Å². The summed E-state index contributed by atoms with van der Waals surface area (Å²) in [6.45, 7) is 8.95. The summed E-state index contributed by atoms with van der Waals surface area (Å²) in [6, 6.07) is 12.2. The molecule has 1 aliphatic heterocycles. The van der Waals surface area contributed by atoms with E-state index in [0.717, 1.165) is 56.8 Å². The number of hydrogen-bond donors (Lipinski definition) is 2. The number of hydrogen-bond acceptors (Lipinski definition) is 9. The summed E-state index contributed by atoms with van der Waals surface area (Å²) in [7, 11) is 3.03. The number of nitrogens with one attached hydrogen (secondary N) is 2. The molecule has 1 saturated heterocycles. The zero-order valence-electron chi connectivity index (χ0n) is 22.0. The summed E-state index contributed by atoms with van der Waals surface area (Å²) in [5.74, 6) is 0.777. The smallest absolute Gasteiger partial charge is 0.319 e. The second-order valence-electron chi connectivity index (χ2n) is 9.25. The van der Waals surface area contributed by atoms with Crippen LogP contribution >= 0.6 is 0 Å². The van der Waals surface area contributed by atoms with Crippen LogP contribution in [0.2, 0.25) is 0 Å². The summed E-state index contributed by atoms with van der Waals surface area (Å²) < 4.78 is 10.6. The third kappa shape index (κ3) is 5.61. The Kier molecular flexibility index (Phi) is 7.81. The van der Waals surface area contributed by atoms with E-state index >= 15 is 0 Å². The minimum atomic E-state index is -0.221. The fraction of sp³-hybridized carbons (Fsp3) is 0.357. The zero-order valence-corrected chi connectivity index (χ0v) is 22.0. The first-order valence-electron chi connectivity index (χ1n) is 12.9. The Morgan fingerprint density at radius 2 is 1.76 bits per heavy atom. The lowest BCUT2D eigenvalue weighted by Gasteiger charge is -2.34. The summed E-state index contributed by atoms with van der Waals surface area (Å²) >= 11 is 0. The maximum absolute atomic E-state index is 12.8. The molecule has 2 N–H and O–H groups in total. The maximum Gasteiger partial charge on any atom is 0.319 e. The number of fused-ring (bicyclic) bond motifs is 1. The van der Waals surface area contributed by atoms with Gasteiger partial charge in [-0.2, -0.15) is 4.98 Å². The van der Waals surface area contributed by atoms with Crippen molar-refractivity contribution in [2.75, 3.05) is 58.8 Å². The van der Waals surface area contributed by atoms with E-state index in [0.29, 0.717) is 28.3 Å². The number of likely N-dealkylation sites (N-methyl/N-ethyl adjacent to an activating group) is 1. The van der Waals surface area contributed by atoms with E-state index in [2.05, 4.69) is 49.1 Å². The van der Waals surface area contributed by atoms with Crippen molar-refractivity contribution in [1.82, 2.24) is 29.7 Å². The van der Waals surface area contributed by atoms with Crippen LogP contribution in [0.5, 0.6) is 11.9 Å². The predicted octanol–water partition coefficient (Wildman–Crippen LogP) is 3.32. The third-order valence-corrected chi connectivity index (χ3v) is 6.98. The Balaban J connectivity index is 1.38. The average molecular weight is 516 g/mol. The number of ether oxygens (including phenoxy) is 2. The lowest BCUT2D eigenvalue weighted by atomic mass is 10.1. The quantitative estimate of drug-likeness (QED) is 0.347. The van der Waals surface area contributed by atoms with Crippen molar-refractivity contribution in [3.8, 4) is 23.1 Å². The number of pyridine rings is 2. The first-order chi connectivity index (χ1) is 18.6. The van der Waals surface area contributed by atoms with Gasteiger partial charge in [0.2, 0.25) is 5.88 Å². The Morgan fingerprint density at radius 3 is 2.47 bits per heavy atom. The van der Waals surface area contributed by atoms with Crippen LogP contribution in [0.4, 0.5) is 11.5 Å². The van der Waals surface area contributed by atoms with Gasteiger partial charge >= 0.3 is 6.01 Å². The van der Waals surface area contributed by atoms with Crippen LogP contribution in [-0.2, 0) is 6.42 Å². The van der Waals surface area contributed by atoms with Crippen molar-refractivity contribution >= 4 is 22.3 Å². The molecule has 10 nitrogen and oxygen atoms in total. The van der Waals surface area contributed by atoms with Gasteiger partial charge in [0.05, 0.1) is 30.9 Å². The molecular formula is C28H33N7O3. The molecule has 4 aromatic rings. The molecule has 0 radical (unpaired) electrons. The molecule has 0 bridgehead atoms. The van der Waals surface area contributed by atoms with Crippen molar-refractivity contribution in [3.05, 3.63) is 64.7 Å². The predicted molar refractivity (Wildman–Crippen MR) is 148 cm³/mol. The lowest BCUT2D eigenvalue weighted by Crippen LogP contribution is -2.46. The minimum absolute atomic E-state index is 0.199. The van der Waals surface area contributed by atoms with E-state index in [1.54, 1.807) is 12.4 Å². The molecule has 0 unspecified atom stereocenters. The lowest BCUT2D eigenvalue weighted by molar-refractivity contribution is 0.138. The van der Waals surface area contributed by atoms with Gasteiger partial charge in [0.1, 0.15) is 5.82 Å². The Morgan fingerprint density at radius 1 is 1.00 bits per heavy atom. The molecular weight excluding hydrogens is 482 g/mol. The average Bonchev–Trinajstić information content (AvgIpc) is 2.96. The van der Waals surface area contributed by atoms with Crippen molar-refractivity contribution in [1.29, 1.82) is 0 Å². The SMILES string of the molecule is CCN1CCN(CCc2ccc(Nc3nc(-c4cnc(OC)nc4OC)cc4cc[nH]c(=O)c34)cc2)CC1. The fourth-order valence-corrected chi connectivity index (χ4v) is 4.73. The largest absolute Gasteiger partial charge is 0.480 e. The van der Waals surface area contributed by atoms with Crippen LogP contribution < -0.4 is 20.3 Å². The normalized spacial score (nSPS) is 14.5. The Labute approximate surface area is 221 Å². The summed E-state index contributed by atoms with van der Waals surface area (Å²) in [5, 5.41) is 4.56. The van der Waals surface area contributed by atoms with Gasteiger partial charge < -0.3 is 29.6 Å². The molecule has 4 heterocycles. The molecule has 10 heteroatoms. The summed E-state index contributed by atoms with van der Waals surface area (Å²) in [5.41, 5.74) is 3.07. The highest BCUT2D eigenvalue weighted by Gasteiger charge is 2.17. The molecule has 0 spiro atoms. The van der Waals surface area contributed by atoms with Crippen LogP contribution in [0.3, 0.4) is 0 Å². The second-order valence-corrected chi connectivity index (χ2v) is 9.25. The highest BCUT2D eigenvalue weighted by molar-refractivity contribution is 5.95. The number of H-pyrrole nitrogens is 1. The van der Waals surface area contributed by atoms with E-state index in [-0.39, 0.29) is 11.6 Å². The second kappa shape index (κ2) is 11.6. The Bertz CT molecular complexity index is 1450. The molecule has 3 aromatic heterocycles. The number of anilines is 2. The number of piperazine rings is 1. The Hall–Kier alpha value is -4.02. The van der Waals surface area contributed by atoms with Gasteiger partial charge in [-0.25, -0.2) is 9.97 Å². The van der Waals surface area contributed by atoms with Crippen molar-refractivity contribution in [2.24, 2.45) is 0 Å². The molecule has 0 saturated carbocycles. The van der Waals surface area contributed by atoms with Crippen molar-refractivity contribution in [3.63, 3.8) is 0 Å². The van der Waals surface area contributed by atoms with E-state index in [4.69, 9.17) is 14.5 Å². The van der Waals surface area contributed by atoms with Crippen molar-refractivity contribution in [2.45, 2.75) is 13.3 Å². The standard InChI is InChI=1S/C28H33N7O3/c1-4-34-13-15-35(16-14-34)12-10-19-5-7-21(8-6-19)31-25-24-20(9-11-29-26(24)36)17-23(32-25)22-18-30-28(38-3)33-27(22)37-2/h5-9,11,17-18H,4,10,12-16H2,1-3H3,(H,29,36)(H,31,32). The van der Waals surface area contributed by atoms with Gasteiger partial charge in [0.15, 0.2) is 0 Å². The van der Waals surface area contributed by atoms with Gasteiger partial charge in [0, 0.05) is 50.8 Å². The van der Waals surface area contributed by atoms with Crippen LogP contribution in [0.25, 0.3) is 22.0 Å². The monoisotopic (exact) mass is 515 g/mol. The summed E-state index contributed by atoms with van der Waals surface area (Å²) in [4.78, 5) is 33.8.